The smallest absolute Gasteiger partial charge is 0.339 e. The normalized spacial score (nSPS) is 11.2. The molecule has 8 heteroatoms. The van der Waals surface area contributed by atoms with Crippen LogP contribution in [0.5, 0.6) is 5.75 Å². The Morgan fingerprint density at radius 1 is 1.15 bits per heavy atom. The summed E-state index contributed by atoms with van der Waals surface area (Å²) >= 11 is 0. The second kappa shape index (κ2) is 8.09. The number of hydrogen-bond acceptors (Lipinski definition) is 6. The second-order valence-electron chi connectivity index (χ2n) is 5.79. The number of Topliss-reactive ketones (excluding diaryl/α,β-unsaturated/α-hetero) is 1. The van der Waals surface area contributed by atoms with E-state index in [2.05, 4.69) is 0 Å². The molecule has 0 saturated carbocycles. The predicted molar refractivity (Wildman–Crippen MR) is 95.7 cm³/mol. The summed E-state index contributed by atoms with van der Waals surface area (Å²) in [6.07, 6.45) is 1.36. The summed E-state index contributed by atoms with van der Waals surface area (Å²) < 4.78 is 30.3. The fraction of sp³-hybridized carbons (Fsp3) is 0.278. The number of hydrogen-bond donors (Lipinski definition) is 0. The third-order valence-electron chi connectivity index (χ3n) is 3.81. The molecule has 7 nitrogen and oxygen atoms in total. The van der Waals surface area contributed by atoms with E-state index >= 15 is 0 Å². The van der Waals surface area contributed by atoms with Gasteiger partial charge in [-0.25, -0.2) is 0 Å². The monoisotopic (exact) mass is 377 g/mol. The van der Waals surface area contributed by atoms with E-state index in [4.69, 9.17) is 4.18 Å². The van der Waals surface area contributed by atoms with Crippen molar-refractivity contribution < 1.29 is 22.3 Å². The maximum Gasteiger partial charge on any atom is 0.339 e. The Kier molecular flexibility index (Phi) is 6.10. The van der Waals surface area contributed by atoms with E-state index in [9.17, 15) is 23.3 Å². The van der Waals surface area contributed by atoms with Crippen LogP contribution in [0.15, 0.2) is 47.4 Å². The molecule has 0 spiro atoms. The van der Waals surface area contributed by atoms with Crippen molar-refractivity contribution in [3.63, 3.8) is 0 Å². The molecule has 0 fully saturated rings. The zero-order valence-corrected chi connectivity index (χ0v) is 15.3. The number of aryl methyl sites for hydroxylation is 2. The molecule has 0 bridgehead atoms. The first kappa shape index (κ1) is 19.6. The summed E-state index contributed by atoms with van der Waals surface area (Å²) in [5.41, 5.74) is 1.01. The summed E-state index contributed by atoms with van der Waals surface area (Å²) in [7, 11) is -4.21. The summed E-state index contributed by atoms with van der Waals surface area (Å²) in [6.45, 7) is 3.26. The third kappa shape index (κ3) is 4.89. The minimum absolute atomic E-state index is 0.0747. The summed E-state index contributed by atoms with van der Waals surface area (Å²) in [6, 6.07) is 10.0. The molecule has 0 aliphatic heterocycles. The lowest BCUT2D eigenvalue weighted by molar-refractivity contribution is -0.385. The van der Waals surface area contributed by atoms with Gasteiger partial charge in [0.25, 0.3) is 5.69 Å². The van der Waals surface area contributed by atoms with Gasteiger partial charge in [0.1, 0.15) is 16.4 Å². The van der Waals surface area contributed by atoms with Crippen molar-refractivity contribution in [3.05, 3.63) is 63.7 Å². The van der Waals surface area contributed by atoms with Gasteiger partial charge in [-0.2, -0.15) is 8.42 Å². The quantitative estimate of drug-likeness (QED) is 0.396. The van der Waals surface area contributed by atoms with Crippen molar-refractivity contribution in [1.82, 2.24) is 0 Å². The summed E-state index contributed by atoms with van der Waals surface area (Å²) in [5, 5.41) is 10.9. The van der Waals surface area contributed by atoms with Crippen LogP contribution < -0.4 is 4.18 Å². The van der Waals surface area contributed by atoms with Crippen molar-refractivity contribution in [1.29, 1.82) is 0 Å². The molecule has 2 rings (SSSR count). The van der Waals surface area contributed by atoms with E-state index in [-0.39, 0.29) is 22.1 Å². The van der Waals surface area contributed by atoms with E-state index in [1.165, 1.54) is 31.2 Å². The molecule has 0 aromatic heterocycles. The van der Waals surface area contributed by atoms with Crippen molar-refractivity contribution in [2.24, 2.45) is 0 Å². The van der Waals surface area contributed by atoms with Gasteiger partial charge in [0.2, 0.25) is 0 Å². The van der Waals surface area contributed by atoms with Crippen LogP contribution in [-0.2, 0) is 27.8 Å². The van der Waals surface area contributed by atoms with Crippen LogP contribution in [0, 0.1) is 10.1 Å². The Morgan fingerprint density at radius 2 is 1.81 bits per heavy atom. The minimum Gasteiger partial charge on any atom is -0.379 e. The van der Waals surface area contributed by atoms with Gasteiger partial charge in [-0.3, -0.25) is 10.1 Å². The first-order chi connectivity index (χ1) is 12.2. The van der Waals surface area contributed by atoms with Crippen molar-refractivity contribution in [2.45, 2.75) is 38.0 Å². The SMILES string of the molecule is CCc1ccc([N+](=O)[O-])cc1S(=O)(=O)Oc1ccc(CCC(C)=O)cc1. The highest BCUT2D eigenvalue weighted by Gasteiger charge is 2.23. The standard InChI is InChI=1S/C18H19NO6S/c1-3-15-8-9-16(19(21)22)12-18(15)26(23,24)25-17-10-6-14(7-11-17)5-4-13(2)20/h6-12H,3-5H2,1-2H3. The zero-order chi connectivity index (χ0) is 19.3. The maximum absolute atomic E-state index is 12.6. The highest BCUT2D eigenvalue weighted by atomic mass is 32.2. The fourth-order valence-corrected chi connectivity index (χ4v) is 3.64. The topological polar surface area (TPSA) is 104 Å². The van der Waals surface area contributed by atoms with Crippen molar-refractivity contribution in [2.75, 3.05) is 0 Å². The van der Waals surface area contributed by atoms with Gasteiger partial charge in [-0.05, 0) is 43.0 Å². The minimum atomic E-state index is -4.21. The number of nitro benzene ring substituents is 1. The molecule has 0 aliphatic rings. The summed E-state index contributed by atoms with van der Waals surface area (Å²) in [4.78, 5) is 21.1. The number of ketones is 1. The second-order valence-corrected chi connectivity index (χ2v) is 7.30. The number of non-ortho nitro benzene ring substituents is 1. The lowest BCUT2D eigenvalue weighted by Gasteiger charge is -2.11. The van der Waals surface area contributed by atoms with E-state index < -0.39 is 15.0 Å². The van der Waals surface area contributed by atoms with Gasteiger partial charge in [0.15, 0.2) is 0 Å². The average Bonchev–Trinajstić information content (AvgIpc) is 2.60. The molecule has 26 heavy (non-hydrogen) atoms. The van der Waals surface area contributed by atoms with E-state index in [1.807, 2.05) is 0 Å². The number of benzene rings is 2. The molecule has 2 aromatic carbocycles. The molecule has 0 saturated heterocycles. The van der Waals surface area contributed by atoms with Gasteiger partial charge in [-0.1, -0.05) is 25.1 Å². The Bertz CT molecular complexity index is 919. The fourth-order valence-electron chi connectivity index (χ4n) is 2.39. The van der Waals surface area contributed by atoms with E-state index in [0.717, 1.165) is 11.6 Å². The number of carbonyl (C=O) groups is 1. The lowest BCUT2D eigenvalue weighted by Crippen LogP contribution is -2.12. The number of carbonyl (C=O) groups excluding carboxylic acids is 1. The number of nitro groups is 1. The Balaban J connectivity index is 2.27. The van der Waals surface area contributed by atoms with Gasteiger partial charge < -0.3 is 8.98 Å². The van der Waals surface area contributed by atoms with Crippen LogP contribution in [0.2, 0.25) is 0 Å². The largest absolute Gasteiger partial charge is 0.379 e. The molecule has 138 valence electrons. The van der Waals surface area contributed by atoms with Gasteiger partial charge in [-0.15, -0.1) is 0 Å². The van der Waals surface area contributed by atoms with Crippen LogP contribution in [0.3, 0.4) is 0 Å². The Morgan fingerprint density at radius 3 is 2.35 bits per heavy atom. The van der Waals surface area contributed by atoms with Gasteiger partial charge in [0.05, 0.1) is 4.92 Å². The van der Waals surface area contributed by atoms with Crippen molar-refractivity contribution >= 4 is 21.6 Å². The molecule has 2 aromatic rings. The lowest BCUT2D eigenvalue weighted by atomic mass is 10.1. The molecule has 0 radical (unpaired) electrons. The maximum atomic E-state index is 12.6. The number of rotatable bonds is 8. The molecular formula is C18H19NO6S. The molecule has 0 aliphatic carbocycles. The third-order valence-corrected chi connectivity index (χ3v) is 5.14. The van der Waals surface area contributed by atoms with E-state index in [1.54, 1.807) is 19.1 Å². The van der Waals surface area contributed by atoms with Crippen LogP contribution in [0.25, 0.3) is 0 Å². The van der Waals surface area contributed by atoms with Crippen LogP contribution in [-0.4, -0.2) is 19.1 Å². The highest BCUT2D eigenvalue weighted by Crippen LogP contribution is 2.26. The highest BCUT2D eigenvalue weighted by molar-refractivity contribution is 7.87. The molecular weight excluding hydrogens is 358 g/mol. The molecule has 0 unspecified atom stereocenters. The van der Waals surface area contributed by atoms with Crippen LogP contribution in [0.1, 0.15) is 31.4 Å². The molecule has 0 amide bonds. The number of nitrogens with zero attached hydrogens (tertiary/aromatic N) is 1. The van der Waals surface area contributed by atoms with Crippen LogP contribution >= 0.6 is 0 Å². The van der Waals surface area contributed by atoms with Gasteiger partial charge >= 0.3 is 10.1 Å². The van der Waals surface area contributed by atoms with Crippen LogP contribution in [0.4, 0.5) is 5.69 Å². The Labute approximate surface area is 151 Å². The summed E-state index contributed by atoms with van der Waals surface area (Å²) in [5.74, 6) is 0.177. The van der Waals surface area contributed by atoms with Gasteiger partial charge in [0, 0.05) is 18.6 Å². The predicted octanol–water partition coefficient (Wildman–Crippen LogP) is 3.45. The zero-order valence-electron chi connectivity index (χ0n) is 14.5. The first-order valence-electron chi connectivity index (χ1n) is 8.03. The Hall–Kier alpha value is -2.74. The average molecular weight is 377 g/mol. The van der Waals surface area contributed by atoms with E-state index in [0.29, 0.717) is 24.8 Å². The van der Waals surface area contributed by atoms with Crippen molar-refractivity contribution in [3.8, 4) is 5.75 Å². The molecule has 0 heterocycles. The molecule has 0 atom stereocenters. The molecule has 0 N–H and O–H groups in total. The first-order valence-corrected chi connectivity index (χ1v) is 9.44.